The van der Waals surface area contributed by atoms with Crippen LogP contribution in [0.25, 0.3) is 0 Å². The average Bonchev–Trinajstić information content (AvgIpc) is 2.92. The van der Waals surface area contributed by atoms with Gasteiger partial charge in [0.05, 0.1) is 11.1 Å². The fourth-order valence-corrected chi connectivity index (χ4v) is 3.46. The molecule has 0 aromatic heterocycles. The van der Waals surface area contributed by atoms with Gasteiger partial charge in [-0.1, -0.05) is 64.5 Å². The van der Waals surface area contributed by atoms with Gasteiger partial charge in [-0.25, -0.2) is 0 Å². The molecule has 1 aromatic rings. The largest absolute Gasteiger partial charge is 0.356 e. The van der Waals surface area contributed by atoms with Gasteiger partial charge in [-0.3, -0.25) is 19.3 Å². The maximum atomic E-state index is 12.3. The van der Waals surface area contributed by atoms with Crippen molar-refractivity contribution in [2.75, 3.05) is 13.1 Å². The van der Waals surface area contributed by atoms with Gasteiger partial charge >= 0.3 is 0 Å². The molecule has 0 radical (unpaired) electrons. The van der Waals surface area contributed by atoms with Crippen LogP contribution in [0, 0.1) is 5.92 Å². The minimum Gasteiger partial charge on any atom is -0.356 e. The highest BCUT2D eigenvalue weighted by Crippen LogP contribution is 2.23. The lowest BCUT2D eigenvalue weighted by Crippen LogP contribution is -2.30. The molecule has 0 bridgehead atoms. The number of carbonyl (C=O) groups excluding carboxylic acids is 3. The number of nitrogens with zero attached hydrogens (tertiary/aromatic N) is 1. The Bertz CT molecular complexity index is 635. The lowest BCUT2D eigenvalue weighted by molar-refractivity contribution is -0.121. The normalized spacial score (nSPS) is 13.3. The van der Waals surface area contributed by atoms with Gasteiger partial charge in [0.15, 0.2) is 0 Å². The Hall–Kier alpha value is -2.17. The van der Waals surface area contributed by atoms with Crippen molar-refractivity contribution in [1.82, 2.24) is 10.2 Å². The van der Waals surface area contributed by atoms with E-state index in [0.29, 0.717) is 30.0 Å². The van der Waals surface area contributed by atoms with Crippen LogP contribution in [0.15, 0.2) is 24.3 Å². The Morgan fingerprint density at radius 1 is 0.857 bits per heavy atom. The third-order valence-corrected chi connectivity index (χ3v) is 5.12. The number of hydrogen-bond donors (Lipinski definition) is 1. The van der Waals surface area contributed by atoms with Crippen molar-refractivity contribution in [2.24, 2.45) is 5.92 Å². The molecule has 1 aliphatic rings. The van der Waals surface area contributed by atoms with Gasteiger partial charge in [-0.15, -0.1) is 0 Å². The van der Waals surface area contributed by atoms with Crippen molar-refractivity contribution >= 4 is 17.7 Å². The second-order valence-corrected chi connectivity index (χ2v) is 8.08. The van der Waals surface area contributed by atoms with Gasteiger partial charge in [0, 0.05) is 19.5 Å². The molecule has 2 rings (SSSR count). The molecule has 0 unspecified atom stereocenters. The highest BCUT2D eigenvalue weighted by molar-refractivity contribution is 6.21. The van der Waals surface area contributed by atoms with E-state index in [1.165, 1.54) is 17.7 Å². The highest BCUT2D eigenvalue weighted by Gasteiger charge is 2.34. The molecule has 1 aromatic carbocycles. The van der Waals surface area contributed by atoms with Crippen LogP contribution < -0.4 is 5.32 Å². The summed E-state index contributed by atoms with van der Waals surface area (Å²) in [6.07, 6.45) is 9.23. The van der Waals surface area contributed by atoms with Gasteiger partial charge < -0.3 is 5.32 Å². The molecule has 5 heteroatoms. The van der Waals surface area contributed by atoms with Gasteiger partial charge in [0.2, 0.25) is 5.91 Å². The Labute approximate surface area is 168 Å². The number of imide groups is 1. The zero-order valence-corrected chi connectivity index (χ0v) is 17.3. The molecule has 28 heavy (non-hydrogen) atoms. The minimum absolute atomic E-state index is 0.155. The molecule has 0 saturated heterocycles. The second kappa shape index (κ2) is 11.6. The van der Waals surface area contributed by atoms with Crippen molar-refractivity contribution < 1.29 is 14.4 Å². The molecule has 1 heterocycles. The Morgan fingerprint density at radius 2 is 1.36 bits per heavy atom. The first kappa shape index (κ1) is 22.1. The van der Waals surface area contributed by atoms with Crippen molar-refractivity contribution in [3.05, 3.63) is 35.4 Å². The van der Waals surface area contributed by atoms with E-state index in [2.05, 4.69) is 19.2 Å². The first-order valence-electron chi connectivity index (χ1n) is 10.7. The summed E-state index contributed by atoms with van der Waals surface area (Å²) >= 11 is 0. The maximum Gasteiger partial charge on any atom is 0.261 e. The van der Waals surface area contributed by atoms with E-state index in [1.54, 1.807) is 24.3 Å². The van der Waals surface area contributed by atoms with Crippen LogP contribution in [0.4, 0.5) is 0 Å². The highest BCUT2D eigenvalue weighted by atomic mass is 16.2. The summed E-state index contributed by atoms with van der Waals surface area (Å²) in [6.45, 7) is 5.47. The summed E-state index contributed by atoms with van der Waals surface area (Å²) < 4.78 is 0. The van der Waals surface area contributed by atoms with Crippen molar-refractivity contribution in [1.29, 1.82) is 0 Å². The standard InChI is InChI=1S/C23H34N2O3/c1-18(2)17-24-21(26)15-9-7-5-3-4-6-8-12-16-25-22(27)19-13-10-11-14-20(19)23(25)28/h10-11,13-14,18H,3-9,12,15-17H2,1-2H3,(H,24,26). The van der Waals surface area contributed by atoms with Crippen LogP contribution in [-0.2, 0) is 4.79 Å². The lowest BCUT2D eigenvalue weighted by Gasteiger charge is -2.13. The first-order valence-corrected chi connectivity index (χ1v) is 10.7. The van der Waals surface area contributed by atoms with Crippen LogP contribution in [0.1, 0.15) is 92.4 Å². The number of amides is 3. The fourth-order valence-electron chi connectivity index (χ4n) is 3.46. The Kier molecular flexibility index (Phi) is 9.18. The fraction of sp³-hybridized carbons (Fsp3) is 0.609. The van der Waals surface area contributed by atoms with Gasteiger partial charge in [-0.05, 0) is 30.9 Å². The number of benzene rings is 1. The van der Waals surface area contributed by atoms with Gasteiger partial charge in [0.25, 0.3) is 11.8 Å². The molecular formula is C23H34N2O3. The molecule has 0 fully saturated rings. The minimum atomic E-state index is -0.155. The molecule has 5 nitrogen and oxygen atoms in total. The van der Waals surface area contributed by atoms with Gasteiger partial charge in [-0.2, -0.15) is 0 Å². The van der Waals surface area contributed by atoms with Crippen LogP contribution >= 0.6 is 0 Å². The molecule has 154 valence electrons. The molecule has 3 amide bonds. The topological polar surface area (TPSA) is 66.5 Å². The smallest absolute Gasteiger partial charge is 0.261 e. The Balaban J connectivity index is 1.46. The van der Waals surface area contributed by atoms with E-state index >= 15 is 0 Å². The third-order valence-electron chi connectivity index (χ3n) is 5.12. The lowest BCUT2D eigenvalue weighted by atomic mass is 10.1. The van der Waals surface area contributed by atoms with E-state index in [4.69, 9.17) is 0 Å². The Morgan fingerprint density at radius 3 is 1.89 bits per heavy atom. The predicted molar refractivity (Wildman–Crippen MR) is 111 cm³/mol. The third kappa shape index (κ3) is 6.77. The molecule has 1 aliphatic heterocycles. The molecule has 1 N–H and O–H groups in total. The van der Waals surface area contributed by atoms with Crippen LogP contribution in [0.5, 0.6) is 0 Å². The van der Waals surface area contributed by atoms with E-state index in [9.17, 15) is 14.4 Å². The summed E-state index contributed by atoms with van der Waals surface area (Å²) in [6, 6.07) is 7.05. The average molecular weight is 387 g/mol. The number of rotatable bonds is 13. The summed E-state index contributed by atoms with van der Waals surface area (Å²) in [5, 5.41) is 2.95. The predicted octanol–water partition coefficient (Wildman–Crippen LogP) is 4.57. The maximum absolute atomic E-state index is 12.3. The molecule has 0 aliphatic carbocycles. The van der Waals surface area contributed by atoms with E-state index in [-0.39, 0.29) is 17.7 Å². The van der Waals surface area contributed by atoms with E-state index in [1.807, 2.05) is 0 Å². The molecular weight excluding hydrogens is 352 g/mol. The number of nitrogens with one attached hydrogen (secondary N) is 1. The van der Waals surface area contributed by atoms with Crippen molar-refractivity contribution in [3.63, 3.8) is 0 Å². The first-order chi connectivity index (χ1) is 13.5. The monoisotopic (exact) mass is 386 g/mol. The van der Waals surface area contributed by atoms with Crippen LogP contribution in [-0.4, -0.2) is 35.7 Å². The van der Waals surface area contributed by atoms with Crippen LogP contribution in [0.3, 0.4) is 0 Å². The van der Waals surface area contributed by atoms with E-state index in [0.717, 1.165) is 45.1 Å². The summed E-state index contributed by atoms with van der Waals surface area (Å²) in [5.41, 5.74) is 1.07. The summed E-state index contributed by atoms with van der Waals surface area (Å²) in [5.74, 6) is 0.360. The van der Waals surface area contributed by atoms with Crippen molar-refractivity contribution in [3.8, 4) is 0 Å². The summed E-state index contributed by atoms with van der Waals surface area (Å²) in [4.78, 5) is 37.5. The SMILES string of the molecule is CC(C)CNC(=O)CCCCCCCCCCN1C(=O)c2ccccc2C1=O. The van der Waals surface area contributed by atoms with E-state index < -0.39 is 0 Å². The van der Waals surface area contributed by atoms with Crippen molar-refractivity contribution in [2.45, 2.75) is 71.6 Å². The number of unbranched alkanes of at least 4 members (excludes halogenated alkanes) is 7. The molecule has 0 spiro atoms. The van der Waals surface area contributed by atoms with Crippen LogP contribution in [0.2, 0.25) is 0 Å². The van der Waals surface area contributed by atoms with Gasteiger partial charge in [0.1, 0.15) is 0 Å². The zero-order valence-electron chi connectivity index (χ0n) is 17.3. The zero-order chi connectivity index (χ0) is 20.4. The molecule has 0 saturated carbocycles. The molecule has 0 atom stereocenters. The second-order valence-electron chi connectivity index (χ2n) is 8.08. The number of hydrogen-bond acceptors (Lipinski definition) is 3. The quantitative estimate of drug-likeness (QED) is 0.399. The number of fused-ring (bicyclic) bond motifs is 1. The summed E-state index contributed by atoms with van der Waals surface area (Å²) in [7, 11) is 0. The number of carbonyl (C=O) groups is 3.